The first kappa shape index (κ1) is 21.5. The van der Waals surface area contributed by atoms with Crippen LogP contribution in [0.3, 0.4) is 0 Å². The van der Waals surface area contributed by atoms with Crippen molar-refractivity contribution in [1.29, 1.82) is 0 Å². The SMILES string of the molecule is COc1ccc(CCC2CCCCN2C(=O)c2[nH]c3c(c2C)C(=O)CCC3)cc1OC. The molecule has 1 aromatic heterocycles. The number of Topliss-reactive ketones (excluding diaryl/α,β-unsaturated/α-hetero) is 1. The van der Waals surface area contributed by atoms with E-state index in [4.69, 9.17) is 9.47 Å². The highest BCUT2D eigenvalue weighted by molar-refractivity contribution is 6.04. The molecule has 2 aliphatic rings. The molecule has 6 heteroatoms. The molecule has 0 saturated carbocycles. The summed E-state index contributed by atoms with van der Waals surface area (Å²) in [6.07, 6.45) is 7.23. The zero-order valence-electron chi connectivity index (χ0n) is 18.8. The Morgan fingerprint density at radius 3 is 2.68 bits per heavy atom. The van der Waals surface area contributed by atoms with Crippen molar-refractivity contribution < 1.29 is 19.1 Å². The van der Waals surface area contributed by atoms with E-state index < -0.39 is 0 Å². The number of H-pyrrole nitrogens is 1. The lowest BCUT2D eigenvalue weighted by Crippen LogP contribution is -2.44. The van der Waals surface area contributed by atoms with Crippen LogP contribution in [0.15, 0.2) is 18.2 Å². The maximum absolute atomic E-state index is 13.5. The van der Waals surface area contributed by atoms with Crippen molar-refractivity contribution in [3.63, 3.8) is 0 Å². The Labute approximate surface area is 183 Å². The van der Waals surface area contributed by atoms with Crippen LogP contribution in [-0.4, -0.2) is 48.4 Å². The minimum absolute atomic E-state index is 0.0386. The van der Waals surface area contributed by atoms with Crippen LogP contribution in [0.2, 0.25) is 0 Å². The molecule has 1 N–H and O–H groups in total. The van der Waals surface area contributed by atoms with Crippen LogP contribution in [0.25, 0.3) is 0 Å². The second kappa shape index (κ2) is 9.16. The van der Waals surface area contributed by atoms with Gasteiger partial charge in [0.15, 0.2) is 17.3 Å². The first-order valence-electron chi connectivity index (χ1n) is 11.3. The maximum Gasteiger partial charge on any atom is 0.270 e. The third-order valence-corrected chi connectivity index (χ3v) is 6.75. The zero-order chi connectivity index (χ0) is 22.0. The molecule has 4 rings (SSSR count). The number of hydrogen-bond acceptors (Lipinski definition) is 4. The fraction of sp³-hybridized carbons (Fsp3) is 0.520. The summed E-state index contributed by atoms with van der Waals surface area (Å²) < 4.78 is 10.8. The number of amides is 1. The maximum atomic E-state index is 13.5. The van der Waals surface area contributed by atoms with Gasteiger partial charge in [0.2, 0.25) is 0 Å². The van der Waals surface area contributed by atoms with Gasteiger partial charge in [-0.25, -0.2) is 0 Å². The average Bonchev–Trinajstić information content (AvgIpc) is 3.14. The third-order valence-electron chi connectivity index (χ3n) is 6.75. The van der Waals surface area contributed by atoms with Crippen LogP contribution in [-0.2, 0) is 12.8 Å². The molecule has 2 heterocycles. The van der Waals surface area contributed by atoms with E-state index in [0.717, 1.165) is 79.8 Å². The van der Waals surface area contributed by atoms with Crippen molar-refractivity contribution in [2.45, 2.75) is 64.3 Å². The molecule has 1 fully saturated rings. The minimum atomic E-state index is 0.0386. The van der Waals surface area contributed by atoms with Gasteiger partial charge in [0, 0.05) is 30.3 Å². The van der Waals surface area contributed by atoms with Crippen LogP contribution in [0.5, 0.6) is 11.5 Å². The lowest BCUT2D eigenvalue weighted by Gasteiger charge is -2.36. The zero-order valence-corrected chi connectivity index (χ0v) is 18.8. The van der Waals surface area contributed by atoms with Crippen LogP contribution in [0.1, 0.15) is 76.2 Å². The molecule has 166 valence electrons. The van der Waals surface area contributed by atoms with Gasteiger partial charge in [-0.05, 0) is 75.1 Å². The number of benzene rings is 1. The van der Waals surface area contributed by atoms with Crippen molar-refractivity contribution >= 4 is 11.7 Å². The Hall–Kier alpha value is -2.76. The van der Waals surface area contributed by atoms with Crippen molar-refractivity contribution in [3.8, 4) is 11.5 Å². The molecule has 1 amide bonds. The Morgan fingerprint density at radius 1 is 1.13 bits per heavy atom. The van der Waals surface area contributed by atoms with Crippen molar-refractivity contribution in [1.82, 2.24) is 9.88 Å². The number of aromatic amines is 1. The van der Waals surface area contributed by atoms with Crippen LogP contribution in [0.4, 0.5) is 0 Å². The standard InChI is InChI=1S/C25H32N2O4/c1-16-23-19(8-6-9-20(23)28)26-24(16)25(29)27-14-5-4-7-18(27)12-10-17-11-13-21(30-2)22(15-17)31-3/h11,13,15,18,26H,4-10,12,14H2,1-3H3. The molecule has 6 nitrogen and oxygen atoms in total. The fourth-order valence-corrected chi connectivity index (χ4v) is 5.07. The number of nitrogens with zero attached hydrogens (tertiary/aromatic N) is 1. The average molecular weight is 425 g/mol. The molecule has 1 saturated heterocycles. The van der Waals surface area contributed by atoms with E-state index in [1.807, 2.05) is 24.0 Å². The molecule has 0 radical (unpaired) electrons. The molecule has 2 aromatic rings. The summed E-state index contributed by atoms with van der Waals surface area (Å²) in [7, 11) is 3.28. The van der Waals surface area contributed by atoms with Gasteiger partial charge >= 0.3 is 0 Å². The van der Waals surface area contributed by atoms with Crippen molar-refractivity contribution in [3.05, 3.63) is 46.3 Å². The number of fused-ring (bicyclic) bond motifs is 1. The highest BCUT2D eigenvalue weighted by Crippen LogP contribution is 2.31. The molecule has 0 spiro atoms. The van der Waals surface area contributed by atoms with Gasteiger partial charge in [0.25, 0.3) is 5.91 Å². The number of ether oxygens (including phenoxy) is 2. The topological polar surface area (TPSA) is 71.6 Å². The molecule has 1 atom stereocenters. The van der Waals surface area contributed by atoms with Crippen LogP contribution in [0, 0.1) is 6.92 Å². The summed E-state index contributed by atoms with van der Waals surface area (Å²) in [4.78, 5) is 31.2. The first-order chi connectivity index (χ1) is 15.0. The van der Waals surface area contributed by atoms with Gasteiger partial charge in [0.05, 0.1) is 14.2 Å². The lowest BCUT2D eigenvalue weighted by molar-refractivity contribution is 0.0595. The van der Waals surface area contributed by atoms with Crippen LogP contribution < -0.4 is 9.47 Å². The molecule has 1 aliphatic carbocycles. The van der Waals surface area contributed by atoms with Gasteiger partial charge in [-0.2, -0.15) is 0 Å². The minimum Gasteiger partial charge on any atom is -0.493 e. The van der Waals surface area contributed by atoms with E-state index >= 15 is 0 Å². The van der Waals surface area contributed by atoms with Gasteiger partial charge in [-0.1, -0.05) is 6.07 Å². The van der Waals surface area contributed by atoms with E-state index in [1.54, 1.807) is 14.2 Å². The number of rotatable bonds is 6. The molecular weight excluding hydrogens is 392 g/mol. The lowest BCUT2D eigenvalue weighted by atomic mass is 9.93. The Kier molecular flexibility index (Phi) is 6.35. The summed E-state index contributed by atoms with van der Waals surface area (Å²) in [5, 5.41) is 0. The molecule has 1 aliphatic heterocycles. The third kappa shape index (κ3) is 4.21. The van der Waals surface area contributed by atoms with Gasteiger partial charge < -0.3 is 19.4 Å². The van der Waals surface area contributed by atoms with Crippen LogP contribution >= 0.6 is 0 Å². The van der Waals surface area contributed by atoms with Gasteiger partial charge in [-0.3, -0.25) is 9.59 Å². The number of likely N-dealkylation sites (tertiary alicyclic amines) is 1. The van der Waals surface area contributed by atoms with Gasteiger partial charge in [-0.15, -0.1) is 0 Å². The van der Waals surface area contributed by atoms with E-state index in [1.165, 1.54) is 5.56 Å². The predicted molar refractivity (Wildman–Crippen MR) is 119 cm³/mol. The molecule has 1 aromatic carbocycles. The summed E-state index contributed by atoms with van der Waals surface area (Å²) in [6, 6.07) is 6.21. The number of piperidine rings is 1. The number of carbonyl (C=O) groups is 2. The molecular formula is C25H32N2O4. The smallest absolute Gasteiger partial charge is 0.270 e. The van der Waals surface area contributed by atoms with E-state index in [-0.39, 0.29) is 17.7 Å². The van der Waals surface area contributed by atoms with Crippen molar-refractivity contribution in [2.24, 2.45) is 0 Å². The summed E-state index contributed by atoms with van der Waals surface area (Å²) in [6.45, 7) is 2.68. The number of methoxy groups -OCH3 is 2. The van der Waals surface area contributed by atoms with Gasteiger partial charge in [0.1, 0.15) is 5.69 Å². The summed E-state index contributed by atoms with van der Waals surface area (Å²) in [5.74, 6) is 1.66. The normalized spacial score (nSPS) is 18.6. The van der Waals surface area contributed by atoms with Crippen molar-refractivity contribution in [2.75, 3.05) is 20.8 Å². The molecule has 1 unspecified atom stereocenters. The number of ketones is 1. The largest absolute Gasteiger partial charge is 0.493 e. The number of carbonyl (C=O) groups excluding carboxylic acids is 2. The second-order valence-corrected chi connectivity index (χ2v) is 8.63. The Balaban J connectivity index is 1.50. The monoisotopic (exact) mass is 424 g/mol. The van der Waals surface area contributed by atoms with E-state index in [9.17, 15) is 9.59 Å². The number of aromatic nitrogens is 1. The first-order valence-corrected chi connectivity index (χ1v) is 11.3. The van der Waals surface area contributed by atoms with E-state index in [0.29, 0.717) is 12.1 Å². The summed E-state index contributed by atoms with van der Waals surface area (Å²) in [5.41, 5.74) is 4.31. The quantitative estimate of drug-likeness (QED) is 0.742. The highest BCUT2D eigenvalue weighted by Gasteiger charge is 2.32. The molecule has 31 heavy (non-hydrogen) atoms. The number of hydrogen-bond donors (Lipinski definition) is 1. The predicted octanol–water partition coefficient (Wildman–Crippen LogP) is 4.49. The number of aryl methyl sites for hydroxylation is 2. The summed E-state index contributed by atoms with van der Waals surface area (Å²) >= 11 is 0. The molecule has 0 bridgehead atoms. The highest BCUT2D eigenvalue weighted by atomic mass is 16.5. The number of nitrogens with one attached hydrogen (secondary N) is 1. The second-order valence-electron chi connectivity index (χ2n) is 8.63. The fourth-order valence-electron chi connectivity index (χ4n) is 5.07. The Morgan fingerprint density at radius 2 is 1.94 bits per heavy atom. The van der Waals surface area contributed by atoms with E-state index in [2.05, 4.69) is 11.1 Å². The Bertz CT molecular complexity index is 978.